The number of carbonyl (C=O) groups excluding carboxylic acids is 1. The smallest absolute Gasteiger partial charge is 0.330 e. The zero-order valence-electron chi connectivity index (χ0n) is 14.2. The topological polar surface area (TPSA) is 99.0 Å². The summed E-state index contributed by atoms with van der Waals surface area (Å²) in [6.45, 7) is 4.51. The van der Waals surface area contributed by atoms with E-state index >= 15 is 0 Å². The fraction of sp³-hybridized carbons (Fsp3) is 0.625. The van der Waals surface area contributed by atoms with Gasteiger partial charge in [-0.15, -0.1) is 0 Å². The van der Waals surface area contributed by atoms with E-state index in [1.54, 1.807) is 11.6 Å². The molecule has 24 heavy (non-hydrogen) atoms. The number of aromatic amines is 1. The van der Waals surface area contributed by atoms with Crippen LogP contribution in [-0.2, 0) is 29.7 Å². The summed E-state index contributed by atoms with van der Waals surface area (Å²) in [6.07, 6.45) is 2.59. The largest absolute Gasteiger partial charge is 0.457 e. The first-order valence-electron chi connectivity index (χ1n) is 8.29. The van der Waals surface area contributed by atoms with Crippen molar-refractivity contribution in [2.24, 2.45) is 18.9 Å². The third-order valence-corrected chi connectivity index (χ3v) is 4.60. The van der Waals surface area contributed by atoms with Crippen LogP contribution < -0.4 is 11.2 Å². The van der Waals surface area contributed by atoms with Crippen molar-refractivity contribution < 1.29 is 9.53 Å². The highest BCUT2D eigenvalue weighted by molar-refractivity contribution is 5.75. The minimum atomic E-state index is -0.480. The van der Waals surface area contributed by atoms with Crippen LogP contribution in [0.1, 0.15) is 38.9 Å². The van der Waals surface area contributed by atoms with Crippen molar-refractivity contribution in [3.63, 3.8) is 0 Å². The van der Waals surface area contributed by atoms with Gasteiger partial charge in [0.15, 0.2) is 11.2 Å². The van der Waals surface area contributed by atoms with Crippen molar-refractivity contribution >= 4 is 17.1 Å². The van der Waals surface area contributed by atoms with Gasteiger partial charge < -0.3 is 9.30 Å². The first-order valence-corrected chi connectivity index (χ1v) is 8.29. The van der Waals surface area contributed by atoms with Crippen molar-refractivity contribution in [2.45, 2.75) is 46.3 Å². The minimum absolute atomic E-state index is 0.00532. The van der Waals surface area contributed by atoms with E-state index in [-0.39, 0.29) is 18.5 Å². The number of unbranched alkanes of at least 4 members (excludes halogenated alkanes) is 1. The molecule has 0 amide bonds. The number of imidazole rings is 1. The Bertz CT molecular complexity index is 892. The van der Waals surface area contributed by atoms with Crippen molar-refractivity contribution in [2.75, 3.05) is 0 Å². The van der Waals surface area contributed by atoms with Gasteiger partial charge in [-0.25, -0.2) is 9.78 Å². The summed E-state index contributed by atoms with van der Waals surface area (Å²) in [5.41, 5.74) is -0.289. The molecule has 3 rings (SSSR count). The summed E-state index contributed by atoms with van der Waals surface area (Å²) < 4.78 is 8.35. The maximum Gasteiger partial charge on any atom is 0.330 e. The molecule has 0 aliphatic heterocycles. The summed E-state index contributed by atoms with van der Waals surface area (Å²) in [5.74, 6) is 0.575. The fourth-order valence-corrected chi connectivity index (χ4v) is 2.84. The van der Waals surface area contributed by atoms with Crippen LogP contribution in [0.3, 0.4) is 0 Å². The second-order valence-electron chi connectivity index (χ2n) is 6.45. The SMILES string of the molecule is CCCCn1c(=O)[nH]c(=O)c2c1nc(COC(=O)[C@@H]1C[C@H]1C)n2C. The lowest BCUT2D eigenvalue weighted by Crippen LogP contribution is -2.31. The molecule has 2 aromatic heterocycles. The monoisotopic (exact) mass is 334 g/mol. The molecule has 2 heterocycles. The van der Waals surface area contributed by atoms with Gasteiger partial charge in [-0.05, 0) is 18.8 Å². The van der Waals surface area contributed by atoms with Crippen LogP contribution in [-0.4, -0.2) is 25.1 Å². The Morgan fingerprint density at radius 1 is 1.42 bits per heavy atom. The van der Waals surface area contributed by atoms with Crippen LogP contribution in [0.4, 0.5) is 0 Å². The van der Waals surface area contributed by atoms with E-state index in [0.717, 1.165) is 19.3 Å². The Kier molecular flexibility index (Phi) is 4.29. The number of nitrogens with zero attached hydrogens (tertiary/aromatic N) is 3. The molecule has 130 valence electrons. The number of hydrogen-bond donors (Lipinski definition) is 1. The molecule has 1 fully saturated rings. The summed E-state index contributed by atoms with van der Waals surface area (Å²) in [6, 6.07) is 0. The Labute approximate surface area is 138 Å². The van der Waals surface area contributed by atoms with Gasteiger partial charge in [-0.2, -0.15) is 0 Å². The maximum atomic E-state index is 12.1. The molecule has 2 aromatic rings. The molecule has 0 unspecified atom stereocenters. The molecule has 0 aromatic carbocycles. The van der Waals surface area contributed by atoms with Gasteiger partial charge in [0.25, 0.3) is 5.56 Å². The van der Waals surface area contributed by atoms with E-state index in [1.807, 2.05) is 13.8 Å². The number of fused-ring (bicyclic) bond motifs is 1. The van der Waals surface area contributed by atoms with E-state index in [9.17, 15) is 14.4 Å². The summed E-state index contributed by atoms with van der Waals surface area (Å²) in [7, 11) is 1.68. The molecular weight excluding hydrogens is 312 g/mol. The second kappa shape index (κ2) is 6.26. The van der Waals surface area contributed by atoms with E-state index < -0.39 is 11.2 Å². The molecule has 1 N–H and O–H groups in total. The molecule has 0 bridgehead atoms. The summed E-state index contributed by atoms with van der Waals surface area (Å²) in [4.78, 5) is 42.8. The van der Waals surface area contributed by atoms with Gasteiger partial charge in [-0.1, -0.05) is 20.3 Å². The number of hydrogen-bond acceptors (Lipinski definition) is 5. The Morgan fingerprint density at radius 3 is 2.75 bits per heavy atom. The number of rotatable bonds is 6. The van der Waals surface area contributed by atoms with Crippen molar-refractivity contribution in [1.29, 1.82) is 0 Å². The third-order valence-electron chi connectivity index (χ3n) is 4.60. The average molecular weight is 334 g/mol. The number of ether oxygens (including phenoxy) is 1. The molecule has 8 nitrogen and oxygen atoms in total. The number of esters is 1. The highest BCUT2D eigenvalue weighted by Crippen LogP contribution is 2.38. The maximum absolute atomic E-state index is 12.1. The standard InChI is InChI=1S/C16H22N4O4/c1-4-5-6-20-13-12(14(21)18-16(20)23)19(3)11(17-13)8-24-15(22)10-7-9(10)2/h9-10H,4-8H2,1-3H3,(H,18,21,23)/t9-,10-/m1/s1. The van der Waals surface area contributed by atoms with E-state index in [1.165, 1.54) is 4.57 Å². The van der Waals surface area contributed by atoms with E-state index in [0.29, 0.717) is 29.5 Å². The first kappa shape index (κ1) is 16.5. The predicted molar refractivity (Wildman–Crippen MR) is 87.6 cm³/mol. The van der Waals surface area contributed by atoms with E-state index in [4.69, 9.17) is 4.74 Å². The normalized spacial score (nSPS) is 19.6. The van der Waals surface area contributed by atoms with Crippen LogP contribution in [0.2, 0.25) is 0 Å². The Morgan fingerprint density at radius 2 is 2.12 bits per heavy atom. The summed E-state index contributed by atoms with van der Waals surface area (Å²) >= 11 is 0. The van der Waals surface area contributed by atoms with Crippen LogP contribution in [0, 0.1) is 11.8 Å². The zero-order chi connectivity index (χ0) is 17.4. The second-order valence-corrected chi connectivity index (χ2v) is 6.45. The fourth-order valence-electron chi connectivity index (χ4n) is 2.84. The van der Waals surface area contributed by atoms with Crippen LogP contribution in [0.15, 0.2) is 9.59 Å². The Balaban J connectivity index is 1.93. The van der Waals surface area contributed by atoms with Crippen molar-refractivity contribution in [3.05, 3.63) is 26.7 Å². The molecule has 1 saturated carbocycles. The molecule has 1 aliphatic carbocycles. The van der Waals surface area contributed by atoms with Gasteiger partial charge in [0.05, 0.1) is 5.92 Å². The molecule has 0 spiro atoms. The zero-order valence-corrected chi connectivity index (χ0v) is 14.2. The molecule has 0 radical (unpaired) electrons. The Hall–Kier alpha value is -2.38. The molecule has 0 saturated heterocycles. The first-order chi connectivity index (χ1) is 11.4. The van der Waals surface area contributed by atoms with Gasteiger partial charge in [0.2, 0.25) is 0 Å². The van der Waals surface area contributed by atoms with Crippen molar-refractivity contribution in [1.82, 2.24) is 19.1 Å². The van der Waals surface area contributed by atoms with Gasteiger partial charge in [-0.3, -0.25) is 19.1 Å². The number of nitrogens with one attached hydrogen (secondary N) is 1. The summed E-state index contributed by atoms with van der Waals surface area (Å²) in [5, 5.41) is 0. The van der Waals surface area contributed by atoms with Gasteiger partial charge in [0, 0.05) is 13.6 Å². The third kappa shape index (κ3) is 2.88. The van der Waals surface area contributed by atoms with Gasteiger partial charge >= 0.3 is 11.7 Å². The number of aryl methyl sites for hydroxylation is 2. The number of H-pyrrole nitrogens is 1. The lowest BCUT2D eigenvalue weighted by molar-refractivity contribution is -0.147. The highest BCUT2D eigenvalue weighted by atomic mass is 16.5. The predicted octanol–water partition coefficient (Wildman–Crippen LogP) is 0.923. The lowest BCUT2D eigenvalue weighted by atomic mass is 10.3. The average Bonchev–Trinajstić information content (AvgIpc) is 3.17. The van der Waals surface area contributed by atoms with Gasteiger partial charge in [0.1, 0.15) is 12.4 Å². The number of aromatic nitrogens is 4. The van der Waals surface area contributed by atoms with Crippen LogP contribution >= 0.6 is 0 Å². The molecule has 1 aliphatic rings. The lowest BCUT2D eigenvalue weighted by Gasteiger charge is -2.04. The molecule has 2 atom stereocenters. The molecule has 8 heteroatoms. The quantitative estimate of drug-likeness (QED) is 0.792. The highest BCUT2D eigenvalue weighted by Gasteiger charge is 2.40. The van der Waals surface area contributed by atoms with Crippen LogP contribution in [0.5, 0.6) is 0 Å². The van der Waals surface area contributed by atoms with E-state index in [2.05, 4.69) is 9.97 Å². The van der Waals surface area contributed by atoms with Crippen LogP contribution in [0.25, 0.3) is 11.2 Å². The molecular formula is C16H22N4O4. The number of carbonyl (C=O) groups is 1. The van der Waals surface area contributed by atoms with Crippen molar-refractivity contribution in [3.8, 4) is 0 Å². The minimum Gasteiger partial charge on any atom is -0.457 e.